The van der Waals surface area contributed by atoms with Gasteiger partial charge in [-0.3, -0.25) is 9.48 Å². The molecular weight excluding hydrogens is 352 g/mol. The maximum Gasteiger partial charge on any atom is 0.227 e. The van der Waals surface area contributed by atoms with E-state index in [2.05, 4.69) is 22.2 Å². The van der Waals surface area contributed by atoms with Gasteiger partial charge in [0.15, 0.2) is 5.65 Å². The van der Waals surface area contributed by atoms with Crippen molar-refractivity contribution in [3.63, 3.8) is 0 Å². The molecule has 0 saturated carbocycles. The van der Waals surface area contributed by atoms with Gasteiger partial charge in [-0.25, -0.2) is 9.97 Å². The Balaban J connectivity index is 1.39. The molecule has 0 aliphatic carbocycles. The van der Waals surface area contributed by atoms with E-state index in [0.717, 1.165) is 54.2 Å². The van der Waals surface area contributed by atoms with E-state index in [0.29, 0.717) is 12.5 Å². The summed E-state index contributed by atoms with van der Waals surface area (Å²) < 4.78 is 3.90. The molecule has 1 amide bonds. The van der Waals surface area contributed by atoms with E-state index in [1.165, 1.54) is 0 Å². The summed E-state index contributed by atoms with van der Waals surface area (Å²) in [6.45, 7) is 8.26. The molecule has 7 heteroatoms. The van der Waals surface area contributed by atoms with Crippen LogP contribution >= 0.6 is 0 Å². The van der Waals surface area contributed by atoms with Crippen LogP contribution in [0.2, 0.25) is 0 Å². The molecule has 1 saturated heterocycles. The van der Waals surface area contributed by atoms with Crippen molar-refractivity contribution in [1.29, 1.82) is 0 Å². The zero-order chi connectivity index (χ0) is 19.8. The van der Waals surface area contributed by atoms with Crippen molar-refractivity contribution in [2.45, 2.75) is 46.1 Å². The second kappa shape index (κ2) is 7.37. The van der Waals surface area contributed by atoms with E-state index < -0.39 is 0 Å². The number of nitrogens with zero attached hydrogens (tertiary/aromatic N) is 6. The Morgan fingerprint density at radius 2 is 2.00 bits per heavy atom. The zero-order valence-corrected chi connectivity index (χ0v) is 17.1. The van der Waals surface area contributed by atoms with Gasteiger partial charge in [-0.1, -0.05) is 6.92 Å². The summed E-state index contributed by atoms with van der Waals surface area (Å²) in [4.78, 5) is 24.0. The topological polar surface area (TPSA) is 68.8 Å². The number of pyridine rings is 1. The first-order valence-corrected chi connectivity index (χ1v) is 10.0. The summed E-state index contributed by atoms with van der Waals surface area (Å²) in [5.74, 6) is 1.54. The van der Waals surface area contributed by atoms with Crippen LogP contribution in [-0.4, -0.2) is 48.2 Å². The number of carbonyl (C=O) groups excluding carboxylic acids is 1. The molecule has 1 aliphatic heterocycles. The summed E-state index contributed by atoms with van der Waals surface area (Å²) in [6.07, 6.45) is 5.63. The highest BCUT2D eigenvalue weighted by molar-refractivity contribution is 5.79. The first-order chi connectivity index (χ1) is 13.4. The van der Waals surface area contributed by atoms with E-state index in [1.54, 1.807) is 6.20 Å². The molecule has 7 nitrogen and oxygen atoms in total. The van der Waals surface area contributed by atoms with Crippen molar-refractivity contribution in [2.24, 2.45) is 13.0 Å². The van der Waals surface area contributed by atoms with Crippen LogP contribution in [0, 0.1) is 19.8 Å². The molecule has 148 valence electrons. The molecule has 0 unspecified atom stereocenters. The Kier molecular flexibility index (Phi) is 4.91. The number of piperidine rings is 1. The predicted octanol–water partition coefficient (Wildman–Crippen LogP) is 2.82. The molecule has 1 atom stereocenters. The fourth-order valence-corrected chi connectivity index (χ4v) is 4.22. The number of aryl methyl sites for hydroxylation is 3. The molecule has 28 heavy (non-hydrogen) atoms. The number of aromatic nitrogens is 5. The summed E-state index contributed by atoms with van der Waals surface area (Å²) in [5.41, 5.74) is 3.07. The van der Waals surface area contributed by atoms with Crippen LogP contribution in [0.5, 0.6) is 0 Å². The highest BCUT2D eigenvalue weighted by Crippen LogP contribution is 2.29. The maximum absolute atomic E-state index is 12.9. The normalized spacial score (nSPS) is 16.6. The quantitative estimate of drug-likeness (QED) is 0.698. The molecule has 1 aliphatic rings. The summed E-state index contributed by atoms with van der Waals surface area (Å²) >= 11 is 0. The minimum absolute atomic E-state index is 0.0451. The molecule has 0 N–H and O–H groups in total. The Morgan fingerprint density at radius 1 is 1.25 bits per heavy atom. The summed E-state index contributed by atoms with van der Waals surface area (Å²) in [6, 6.07) is 4.26. The van der Waals surface area contributed by atoms with Gasteiger partial charge in [0.2, 0.25) is 5.91 Å². The van der Waals surface area contributed by atoms with Crippen LogP contribution in [0.25, 0.3) is 11.0 Å². The SMILES string of the molecule is Cc1nn(C)c2nc(C3CCN(C(=O)[C@H](C)Cn4ccnc4C)CC3)ccc12. The van der Waals surface area contributed by atoms with Gasteiger partial charge in [0.25, 0.3) is 0 Å². The average Bonchev–Trinajstić information content (AvgIpc) is 3.23. The average molecular weight is 380 g/mol. The Bertz CT molecular complexity index is 996. The van der Waals surface area contributed by atoms with Gasteiger partial charge >= 0.3 is 0 Å². The lowest BCUT2D eigenvalue weighted by atomic mass is 9.92. The van der Waals surface area contributed by atoms with Crippen molar-refractivity contribution in [2.75, 3.05) is 13.1 Å². The molecular formula is C21H28N6O. The van der Waals surface area contributed by atoms with Gasteiger partial charge in [0.05, 0.1) is 11.6 Å². The third-order valence-corrected chi connectivity index (χ3v) is 5.93. The van der Waals surface area contributed by atoms with Gasteiger partial charge < -0.3 is 9.47 Å². The number of imidazole rings is 1. The van der Waals surface area contributed by atoms with E-state index >= 15 is 0 Å². The van der Waals surface area contributed by atoms with Gasteiger partial charge in [0.1, 0.15) is 5.82 Å². The fraction of sp³-hybridized carbons (Fsp3) is 0.524. The number of rotatable bonds is 4. The number of amides is 1. The molecule has 4 rings (SSSR count). The van der Waals surface area contributed by atoms with Crippen molar-refractivity contribution in [1.82, 2.24) is 29.2 Å². The Labute approximate surface area is 165 Å². The van der Waals surface area contributed by atoms with Gasteiger partial charge in [-0.05, 0) is 38.8 Å². The highest BCUT2D eigenvalue weighted by Gasteiger charge is 2.28. The molecule has 0 aromatic carbocycles. The summed E-state index contributed by atoms with van der Waals surface area (Å²) in [7, 11) is 1.94. The lowest BCUT2D eigenvalue weighted by molar-refractivity contribution is -0.136. The minimum atomic E-state index is -0.0451. The number of likely N-dealkylation sites (tertiary alicyclic amines) is 1. The van der Waals surface area contributed by atoms with Crippen molar-refractivity contribution in [3.8, 4) is 0 Å². The molecule has 1 fully saturated rings. The fourth-order valence-electron chi connectivity index (χ4n) is 4.22. The highest BCUT2D eigenvalue weighted by atomic mass is 16.2. The lowest BCUT2D eigenvalue weighted by Crippen LogP contribution is -2.41. The molecule has 0 spiro atoms. The minimum Gasteiger partial charge on any atom is -0.342 e. The first-order valence-electron chi connectivity index (χ1n) is 10.0. The van der Waals surface area contributed by atoms with Crippen LogP contribution in [0.15, 0.2) is 24.5 Å². The molecule has 0 radical (unpaired) electrons. The first kappa shape index (κ1) is 18.7. The van der Waals surface area contributed by atoms with E-state index in [-0.39, 0.29) is 11.8 Å². The maximum atomic E-state index is 12.9. The number of hydrogen-bond acceptors (Lipinski definition) is 4. The van der Waals surface area contributed by atoms with Gasteiger partial charge in [0, 0.05) is 56.1 Å². The third-order valence-electron chi connectivity index (χ3n) is 5.93. The van der Waals surface area contributed by atoms with E-state index in [4.69, 9.17) is 4.98 Å². The predicted molar refractivity (Wildman–Crippen MR) is 108 cm³/mol. The van der Waals surface area contributed by atoms with Crippen molar-refractivity contribution >= 4 is 16.9 Å². The molecule has 4 heterocycles. The number of hydrogen-bond donors (Lipinski definition) is 0. The second-order valence-electron chi connectivity index (χ2n) is 7.94. The van der Waals surface area contributed by atoms with Gasteiger partial charge in [-0.2, -0.15) is 5.10 Å². The lowest BCUT2D eigenvalue weighted by Gasteiger charge is -2.33. The Hall–Kier alpha value is -2.70. The number of fused-ring (bicyclic) bond motifs is 1. The second-order valence-corrected chi connectivity index (χ2v) is 7.94. The number of carbonyl (C=O) groups is 1. The van der Waals surface area contributed by atoms with Crippen LogP contribution < -0.4 is 0 Å². The smallest absolute Gasteiger partial charge is 0.227 e. The Morgan fingerprint density at radius 3 is 2.68 bits per heavy atom. The van der Waals surface area contributed by atoms with Crippen molar-refractivity contribution < 1.29 is 4.79 Å². The molecule has 3 aromatic heterocycles. The molecule has 3 aromatic rings. The summed E-state index contributed by atoms with van der Waals surface area (Å²) in [5, 5.41) is 5.58. The molecule has 0 bridgehead atoms. The monoisotopic (exact) mass is 380 g/mol. The van der Waals surface area contributed by atoms with Crippen LogP contribution in [0.3, 0.4) is 0 Å². The van der Waals surface area contributed by atoms with E-state index in [1.807, 2.05) is 48.2 Å². The third kappa shape index (κ3) is 3.41. The van der Waals surface area contributed by atoms with Gasteiger partial charge in [-0.15, -0.1) is 0 Å². The van der Waals surface area contributed by atoms with Crippen LogP contribution in [-0.2, 0) is 18.4 Å². The zero-order valence-electron chi connectivity index (χ0n) is 17.1. The standard InChI is InChI=1S/C21H28N6O/c1-14(13-27-12-9-22-16(27)3)21(28)26-10-7-17(8-11-26)19-6-5-18-15(2)24-25(4)20(18)23-19/h5-6,9,12,14,17H,7-8,10-11,13H2,1-4H3/t14-/m1/s1. The van der Waals surface area contributed by atoms with Crippen LogP contribution in [0.4, 0.5) is 0 Å². The van der Waals surface area contributed by atoms with Crippen molar-refractivity contribution in [3.05, 3.63) is 41.7 Å². The largest absolute Gasteiger partial charge is 0.342 e. The van der Waals surface area contributed by atoms with Crippen LogP contribution in [0.1, 0.15) is 42.9 Å². The van der Waals surface area contributed by atoms with E-state index in [9.17, 15) is 4.79 Å².